The average molecular weight is 324 g/mol. The highest BCUT2D eigenvalue weighted by Crippen LogP contribution is 2.33. The Morgan fingerprint density at radius 1 is 1.13 bits per heavy atom. The van der Waals surface area contributed by atoms with Gasteiger partial charge in [-0.1, -0.05) is 19.3 Å². The van der Waals surface area contributed by atoms with E-state index >= 15 is 0 Å². The smallest absolute Gasteiger partial charge is 0.339 e. The van der Waals surface area contributed by atoms with Crippen LogP contribution < -0.4 is 5.73 Å². The minimum Gasteiger partial charge on any atom is -0.464 e. The molecule has 7 heteroatoms. The summed E-state index contributed by atoms with van der Waals surface area (Å²) in [7, 11) is 0. The Morgan fingerprint density at radius 2 is 1.74 bits per heavy atom. The van der Waals surface area contributed by atoms with Gasteiger partial charge < -0.3 is 20.1 Å². The van der Waals surface area contributed by atoms with Gasteiger partial charge in [-0.25, -0.2) is 9.59 Å². The van der Waals surface area contributed by atoms with Crippen molar-refractivity contribution in [3.63, 3.8) is 0 Å². The van der Waals surface area contributed by atoms with Gasteiger partial charge in [0.1, 0.15) is 5.70 Å². The standard InChI is InChI=1S/C16H24N2O5/c1-3-22-15(20)11-12(17)14(19)18(10-8-6-5-7-9-10)13(11)16(21)23-4-2/h10,13H,3-9,17H2,1-2H3/t13-/m0/s1. The van der Waals surface area contributed by atoms with Gasteiger partial charge in [-0.15, -0.1) is 0 Å². The van der Waals surface area contributed by atoms with Crippen molar-refractivity contribution in [2.45, 2.75) is 58.0 Å². The van der Waals surface area contributed by atoms with E-state index in [0.29, 0.717) is 0 Å². The summed E-state index contributed by atoms with van der Waals surface area (Å²) in [6, 6.07) is -1.19. The molecule has 1 fully saturated rings. The topological polar surface area (TPSA) is 98.9 Å². The van der Waals surface area contributed by atoms with E-state index in [1.165, 1.54) is 4.90 Å². The van der Waals surface area contributed by atoms with E-state index < -0.39 is 23.9 Å². The largest absolute Gasteiger partial charge is 0.464 e. The Kier molecular flexibility index (Phi) is 5.63. The molecule has 7 nitrogen and oxygen atoms in total. The maximum atomic E-state index is 12.6. The molecule has 0 aromatic rings. The molecule has 2 aliphatic rings. The maximum absolute atomic E-state index is 12.6. The van der Waals surface area contributed by atoms with Crippen molar-refractivity contribution in [2.24, 2.45) is 5.73 Å². The number of hydrogen-bond acceptors (Lipinski definition) is 6. The van der Waals surface area contributed by atoms with Gasteiger partial charge in [-0.05, 0) is 26.7 Å². The zero-order valence-electron chi connectivity index (χ0n) is 13.7. The van der Waals surface area contributed by atoms with Crippen molar-refractivity contribution in [1.29, 1.82) is 0 Å². The number of carbonyl (C=O) groups is 3. The van der Waals surface area contributed by atoms with E-state index in [2.05, 4.69) is 0 Å². The molecule has 1 aliphatic heterocycles. The van der Waals surface area contributed by atoms with Gasteiger partial charge in [-0.2, -0.15) is 0 Å². The number of amides is 1. The summed E-state index contributed by atoms with van der Waals surface area (Å²) in [5.41, 5.74) is 5.57. The summed E-state index contributed by atoms with van der Waals surface area (Å²) in [5.74, 6) is -1.83. The lowest BCUT2D eigenvalue weighted by molar-refractivity contribution is -0.154. The summed E-state index contributed by atoms with van der Waals surface area (Å²) in [6.07, 6.45) is 4.67. The molecule has 1 aliphatic carbocycles. The van der Waals surface area contributed by atoms with E-state index in [1.54, 1.807) is 13.8 Å². The van der Waals surface area contributed by atoms with Gasteiger partial charge in [0, 0.05) is 6.04 Å². The molecular weight excluding hydrogens is 300 g/mol. The predicted molar refractivity (Wildman–Crippen MR) is 82.0 cm³/mol. The van der Waals surface area contributed by atoms with Crippen molar-refractivity contribution in [3.05, 3.63) is 11.3 Å². The summed E-state index contributed by atoms with van der Waals surface area (Å²) in [4.78, 5) is 38.6. The van der Waals surface area contributed by atoms with Gasteiger partial charge in [-0.3, -0.25) is 4.79 Å². The van der Waals surface area contributed by atoms with Crippen LogP contribution in [-0.2, 0) is 23.9 Å². The lowest BCUT2D eigenvalue weighted by Gasteiger charge is -2.35. The van der Waals surface area contributed by atoms with Gasteiger partial charge in [0.05, 0.1) is 18.8 Å². The summed E-state index contributed by atoms with van der Waals surface area (Å²) < 4.78 is 10.0. The van der Waals surface area contributed by atoms with Crippen LogP contribution in [0.5, 0.6) is 0 Å². The second kappa shape index (κ2) is 7.48. The first-order valence-electron chi connectivity index (χ1n) is 8.18. The van der Waals surface area contributed by atoms with Crippen LogP contribution in [0.2, 0.25) is 0 Å². The number of rotatable bonds is 5. The van der Waals surface area contributed by atoms with Crippen LogP contribution >= 0.6 is 0 Å². The van der Waals surface area contributed by atoms with Crippen molar-refractivity contribution in [2.75, 3.05) is 13.2 Å². The van der Waals surface area contributed by atoms with Crippen molar-refractivity contribution in [3.8, 4) is 0 Å². The molecule has 1 heterocycles. The average Bonchev–Trinajstić information content (AvgIpc) is 2.81. The molecule has 2 rings (SSSR count). The number of esters is 2. The lowest BCUT2D eigenvalue weighted by Crippen LogP contribution is -2.49. The number of carbonyl (C=O) groups excluding carboxylic acids is 3. The minimum absolute atomic E-state index is 0.0825. The molecule has 0 aromatic carbocycles. The van der Waals surface area contributed by atoms with Gasteiger partial charge in [0.2, 0.25) is 0 Å². The summed E-state index contributed by atoms with van der Waals surface area (Å²) >= 11 is 0. The second-order valence-electron chi connectivity index (χ2n) is 5.71. The number of ether oxygens (including phenoxy) is 2. The first-order valence-corrected chi connectivity index (χ1v) is 8.18. The van der Waals surface area contributed by atoms with E-state index in [9.17, 15) is 14.4 Å². The molecule has 1 saturated carbocycles. The Labute approximate surface area is 135 Å². The van der Waals surface area contributed by atoms with E-state index in [1.807, 2.05) is 0 Å². The molecule has 0 radical (unpaired) electrons. The fraction of sp³-hybridized carbons (Fsp3) is 0.688. The fourth-order valence-corrected chi connectivity index (χ4v) is 3.28. The Morgan fingerprint density at radius 3 is 2.30 bits per heavy atom. The highest BCUT2D eigenvalue weighted by atomic mass is 16.5. The third-order valence-electron chi connectivity index (χ3n) is 4.28. The van der Waals surface area contributed by atoms with E-state index in [4.69, 9.17) is 15.2 Å². The number of nitrogens with zero attached hydrogens (tertiary/aromatic N) is 1. The van der Waals surface area contributed by atoms with Crippen molar-refractivity contribution >= 4 is 17.8 Å². The minimum atomic E-state index is -1.09. The number of nitrogens with two attached hydrogens (primary N) is 1. The van der Waals surface area contributed by atoms with Crippen LogP contribution in [-0.4, -0.2) is 48.0 Å². The molecule has 2 N–H and O–H groups in total. The predicted octanol–water partition coefficient (Wildman–Crippen LogP) is 0.869. The van der Waals surface area contributed by atoms with Crippen LogP contribution in [0.4, 0.5) is 0 Å². The van der Waals surface area contributed by atoms with Crippen molar-refractivity contribution < 1.29 is 23.9 Å². The van der Waals surface area contributed by atoms with E-state index in [0.717, 1.165) is 32.1 Å². The third-order valence-corrected chi connectivity index (χ3v) is 4.28. The molecule has 128 valence electrons. The lowest BCUT2D eigenvalue weighted by atomic mass is 9.93. The zero-order chi connectivity index (χ0) is 17.0. The maximum Gasteiger partial charge on any atom is 0.339 e. The second-order valence-corrected chi connectivity index (χ2v) is 5.71. The van der Waals surface area contributed by atoms with Gasteiger partial charge in [0.15, 0.2) is 6.04 Å². The van der Waals surface area contributed by atoms with Gasteiger partial charge >= 0.3 is 11.9 Å². The Bertz CT molecular complexity index is 523. The summed E-state index contributed by atoms with van der Waals surface area (Å²) in [6.45, 7) is 3.64. The quantitative estimate of drug-likeness (QED) is 0.753. The van der Waals surface area contributed by atoms with Crippen LogP contribution in [0, 0.1) is 0 Å². The zero-order valence-corrected chi connectivity index (χ0v) is 13.7. The highest BCUT2D eigenvalue weighted by Gasteiger charge is 2.49. The highest BCUT2D eigenvalue weighted by molar-refractivity contribution is 6.12. The first-order chi connectivity index (χ1) is 11.0. The Hall–Kier alpha value is -2.05. The molecule has 0 spiro atoms. The molecular formula is C16H24N2O5. The van der Waals surface area contributed by atoms with E-state index in [-0.39, 0.29) is 30.5 Å². The first kappa shape index (κ1) is 17.3. The third kappa shape index (κ3) is 3.33. The summed E-state index contributed by atoms with van der Waals surface area (Å²) in [5, 5.41) is 0. The molecule has 0 saturated heterocycles. The fourth-order valence-electron chi connectivity index (χ4n) is 3.28. The van der Waals surface area contributed by atoms with Crippen LogP contribution in [0.15, 0.2) is 11.3 Å². The molecule has 0 bridgehead atoms. The molecule has 1 amide bonds. The molecule has 0 unspecified atom stereocenters. The number of hydrogen-bond donors (Lipinski definition) is 1. The normalized spacial score (nSPS) is 22.4. The molecule has 1 atom stereocenters. The molecule has 23 heavy (non-hydrogen) atoms. The molecule has 0 aromatic heterocycles. The Balaban J connectivity index is 2.36. The van der Waals surface area contributed by atoms with Crippen LogP contribution in [0.3, 0.4) is 0 Å². The monoisotopic (exact) mass is 324 g/mol. The van der Waals surface area contributed by atoms with Crippen molar-refractivity contribution in [1.82, 2.24) is 4.90 Å². The van der Waals surface area contributed by atoms with Crippen LogP contribution in [0.1, 0.15) is 46.0 Å². The van der Waals surface area contributed by atoms with Crippen LogP contribution in [0.25, 0.3) is 0 Å². The van der Waals surface area contributed by atoms with Gasteiger partial charge in [0.25, 0.3) is 5.91 Å². The SMILES string of the molecule is CCOC(=O)C1=C(N)C(=O)N(C2CCCCC2)[C@@H]1C(=O)OCC.